The summed E-state index contributed by atoms with van der Waals surface area (Å²) in [6.07, 6.45) is 2.35. The van der Waals surface area contributed by atoms with Crippen LogP contribution in [-0.2, 0) is 11.2 Å². The molecule has 0 saturated carbocycles. The summed E-state index contributed by atoms with van der Waals surface area (Å²) >= 11 is 5.81. The second-order valence-electron chi connectivity index (χ2n) is 5.03. The van der Waals surface area contributed by atoms with Crippen molar-refractivity contribution < 1.29 is 9.13 Å². The predicted octanol–water partition coefficient (Wildman–Crippen LogP) is 4.20. The second-order valence-corrected chi connectivity index (χ2v) is 5.46. The Labute approximate surface area is 126 Å². The smallest absolute Gasteiger partial charge is 0.127 e. The van der Waals surface area contributed by atoms with E-state index in [1.54, 1.807) is 19.2 Å². The van der Waals surface area contributed by atoms with Gasteiger partial charge in [-0.3, -0.25) is 0 Å². The molecule has 1 rings (SSSR count). The summed E-state index contributed by atoms with van der Waals surface area (Å²) in [6, 6.07) is 4.93. The first-order chi connectivity index (χ1) is 9.52. The molecule has 0 spiro atoms. The maximum Gasteiger partial charge on any atom is 0.127 e. The molecule has 114 valence electrons. The van der Waals surface area contributed by atoms with Crippen molar-refractivity contribution >= 4 is 11.6 Å². The van der Waals surface area contributed by atoms with Crippen molar-refractivity contribution in [1.82, 2.24) is 5.32 Å². The molecule has 0 amide bonds. The number of hydrogen-bond donors (Lipinski definition) is 1. The van der Waals surface area contributed by atoms with Gasteiger partial charge in [-0.25, -0.2) is 4.39 Å². The molecule has 0 fully saturated rings. The van der Waals surface area contributed by atoms with Crippen LogP contribution in [-0.4, -0.2) is 25.3 Å². The molecule has 0 aliphatic rings. The minimum absolute atomic E-state index is 0.0724. The molecule has 0 heterocycles. The lowest BCUT2D eigenvalue weighted by molar-refractivity contribution is -0.0470. The summed E-state index contributed by atoms with van der Waals surface area (Å²) in [5, 5.41) is 3.87. The van der Waals surface area contributed by atoms with E-state index in [4.69, 9.17) is 16.3 Å². The second kappa shape index (κ2) is 7.96. The topological polar surface area (TPSA) is 21.3 Å². The monoisotopic (exact) mass is 301 g/mol. The third-order valence-corrected chi connectivity index (χ3v) is 4.36. The number of ether oxygens (including phenoxy) is 1. The molecule has 1 aromatic rings. The number of nitrogens with one attached hydrogen (secondary N) is 1. The zero-order valence-electron chi connectivity index (χ0n) is 12.8. The fourth-order valence-electron chi connectivity index (χ4n) is 2.77. The summed E-state index contributed by atoms with van der Waals surface area (Å²) in [5.41, 5.74) is 0.394. The average Bonchev–Trinajstić information content (AvgIpc) is 2.44. The Kier molecular flexibility index (Phi) is 6.93. The molecule has 1 N–H and O–H groups in total. The van der Waals surface area contributed by atoms with Gasteiger partial charge in [-0.1, -0.05) is 38.4 Å². The van der Waals surface area contributed by atoms with E-state index in [2.05, 4.69) is 26.1 Å². The summed E-state index contributed by atoms with van der Waals surface area (Å²) in [7, 11) is 1.73. The number of methoxy groups -OCH3 is 1. The molecule has 0 aliphatic heterocycles. The molecule has 1 atom stereocenters. The number of halogens is 2. The molecule has 20 heavy (non-hydrogen) atoms. The van der Waals surface area contributed by atoms with E-state index in [0.29, 0.717) is 17.0 Å². The lowest BCUT2D eigenvalue weighted by Crippen LogP contribution is -2.52. The summed E-state index contributed by atoms with van der Waals surface area (Å²) in [6.45, 7) is 7.09. The first kappa shape index (κ1) is 17.4. The Hall–Kier alpha value is -0.640. The highest BCUT2D eigenvalue weighted by atomic mass is 35.5. The number of rotatable bonds is 8. The van der Waals surface area contributed by atoms with Crippen molar-refractivity contribution in [2.45, 2.75) is 51.7 Å². The molecule has 0 saturated heterocycles. The van der Waals surface area contributed by atoms with Gasteiger partial charge in [-0.05, 0) is 43.5 Å². The van der Waals surface area contributed by atoms with Gasteiger partial charge in [0.25, 0.3) is 0 Å². The van der Waals surface area contributed by atoms with Crippen molar-refractivity contribution in [2.24, 2.45) is 0 Å². The van der Waals surface area contributed by atoms with Gasteiger partial charge in [-0.15, -0.1) is 0 Å². The van der Waals surface area contributed by atoms with Gasteiger partial charge in [0, 0.05) is 18.2 Å². The Balaban J connectivity index is 3.02. The standard InChI is InChI=1S/C16H25ClFNO/c1-5-16(6-2,20-4)15(19-7-3)10-12-8-9-13(17)11-14(12)18/h8-9,11,15,19H,5-7,10H2,1-4H3. The first-order valence-electron chi connectivity index (χ1n) is 7.25. The van der Waals surface area contributed by atoms with E-state index in [1.807, 2.05) is 0 Å². The minimum atomic E-state index is -0.276. The number of benzene rings is 1. The van der Waals surface area contributed by atoms with Crippen LogP contribution >= 0.6 is 11.6 Å². The highest BCUT2D eigenvalue weighted by molar-refractivity contribution is 6.30. The first-order valence-corrected chi connectivity index (χ1v) is 7.63. The van der Waals surface area contributed by atoms with E-state index < -0.39 is 0 Å². The van der Waals surface area contributed by atoms with Crippen molar-refractivity contribution in [1.29, 1.82) is 0 Å². The fraction of sp³-hybridized carbons (Fsp3) is 0.625. The van der Waals surface area contributed by atoms with Crippen LogP contribution < -0.4 is 5.32 Å². The number of hydrogen-bond acceptors (Lipinski definition) is 2. The average molecular weight is 302 g/mol. The highest BCUT2D eigenvalue weighted by Gasteiger charge is 2.35. The van der Waals surface area contributed by atoms with Crippen LogP contribution in [0.2, 0.25) is 5.02 Å². The van der Waals surface area contributed by atoms with Crippen LogP contribution in [0, 0.1) is 5.82 Å². The quantitative estimate of drug-likeness (QED) is 0.777. The normalized spacial score (nSPS) is 13.5. The molecule has 0 aromatic heterocycles. The zero-order chi connectivity index (χ0) is 15.2. The van der Waals surface area contributed by atoms with Crippen molar-refractivity contribution in [3.05, 3.63) is 34.6 Å². The summed E-state index contributed by atoms with van der Waals surface area (Å²) in [4.78, 5) is 0. The zero-order valence-corrected chi connectivity index (χ0v) is 13.6. The van der Waals surface area contributed by atoms with Gasteiger partial charge in [0.05, 0.1) is 5.60 Å². The van der Waals surface area contributed by atoms with Crippen LogP contribution in [0.4, 0.5) is 4.39 Å². The van der Waals surface area contributed by atoms with Crippen molar-refractivity contribution in [3.8, 4) is 0 Å². The van der Waals surface area contributed by atoms with Crippen LogP contribution in [0.15, 0.2) is 18.2 Å². The van der Waals surface area contributed by atoms with Crippen LogP contribution in [0.5, 0.6) is 0 Å². The van der Waals surface area contributed by atoms with Gasteiger partial charge in [0.1, 0.15) is 5.82 Å². The van der Waals surface area contributed by atoms with Crippen molar-refractivity contribution in [3.63, 3.8) is 0 Å². The van der Waals surface area contributed by atoms with Gasteiger partial charge in [-0.2, -0.15) is 0 Å². The van der Waals surface area contributed by atoms with Crippen LogP contribution in [0.1, 0.15) is 39.2 Å². The molecule has 0 bridgehead atoms. The minimum Gasteiger partial charge on any atom is -0.377 e. The molecule has 1 unspecified atom stereocenters. The highest BCUT2D eigenvalue weighted by Crippen LogP contribution is 2.28. The molecule has 4 heteroatoms. The van der Waals surface area contributed by atoms with E-state index in [0.717, 1.165) is 19.4 Å². The molecule has 1 aromatic carbocycles. The maximum atomic E-state index is 14.0. The third kappa shape index (κ3) is 3.94. The van der Waals surface area contributed by atoms with E-state index in [1.165, 1.54) is 6.07 Å². The fourth-order valence-corrected chi connectivity index (χ4v) is 2.93. The summed E-state index contributed by atoms with van der Waals surface area (Å²) in [5.74, 6) is -0.252. The maximum absolute atomic E-state index is 14.0. The van der Waals surface area contributed by atoms with E-state index >= 15 is 0 Å². The van der Waals surface area contributed by atoms with Gasteiger partial charge in [0.2, 0.25) is 0 Å². The largest absolute Gasteiger partial charge is 0.377 e. The molecular weight excluding hydrogens is 277 g/mol. The summed E-state index contributed by atoms with van der Waals surface area (Å²) < 4.78 is 19.8. The molecule has 0 radical (unpaired) electrons. The predicted molar refractivity (Wildman–Crippen MR) is 82.9 cm³/mol. The Bertz CT molecular complexity index is 413. The van der Waals surface area contributed by atoms with E-state index in [9.17, 15) is 4.39 Å². The lowest BCUT2D eigenvalue weighted by Gasteiger charge is -2.39. The van der Waals surface area contributed by atoms with Crippen LogP contribution in [0.25, 0.3) is 0 Å². The van der Waals surface area contributed by atoms with Gasteiger partial charge < -0.3 is 10.1 Å². The lowest BCUT2D eigenvalue weighted by atomic mass is 9.84. The van der Waals surface area contributed by atoms with Gasteiger partial charge in [0.15, 0.2) is 0 Å². The molecule has 2 nitrogen and oxygen atoms in total. The van der Waals surface area contributed by atoms with Crippen LogP contribution in [0.3, 0.4) is 0 Å². The third-order valence-electron chi connectivity index (χ3n) is 4.13. The molecular formula is C16H25ClFNO. The number of likely N-dealkylation sites (N-methyl/N-ethyl adjacent to an activating group) is 1. The Morgan fingerprint density at radius 3 is 2.40 bits per heavy atom. The Morgan fingerprint density at radius 1 is 1.30 bits per heavy atom. The Morgan fingerprint density at radius 2 is 1.95 bits per heavy atom. The van der Waals surface area contributed by atoms with E-state index in [-0.39, 0.29) is 17.5 Å². The SMILES string of the molecule is CCNC(Cc1ccc(Cl)cc1F)C(CC)(CC)OC. The van der Waals surface area contributed by atoms with Crippen molar-refractivity contribution in [2.75, 3.05) is 13.7 Å². The molecule has 0 aliphatic carbocycles. The van der Waals surface area contributed by atoms with Gasteiger partial charge >= 0.3 is 0 Å².